The van der Waals surface area contributed by atoms with E-state index in [4.69, 9.17) is 4.52 Å². The first-order valence-electron chi connectivity index (χ1n) is 5.90. The van der Waals surface area contributed by atoms with Gasteiger partial charge in [0.25, 0.3) is 5.89 Å². The first kappa shape index (κ1) is 11.4. The van der Waals surface area contributed by atoms with Crippen molar-refractivity contribution in [2.45, 2.75) is 0 Å². The number of nitrogens with one attached hydrogen (secondary N) is 1. The van der Waals surface area contributed by atoms with Crippen molar-refractivity contribution in [1.82, 2.24) is 15.1 Å². The molecule has 0 bridgehead atoms. The van der Waals surface area contributed by atoms with Gasteiger partial charge in [-0.15, -0.1) is 0 Å². The molecule has 1 N–H and O–H groups in total. The van der Waals surface area contributed by atoms with E-state index in [1.807, 2.05) is 49.5 Å². The standard InChI is InChI=1S/C14H12N4O/c1-15-11-7-5-10(6-8-11)14-17-13(18-19-14)12-4-2-3-9-16-12/h2-9,15H,1H3. The van der Waals surface area contributed by atoms with Gasteiger partial charge < -0.3 is 9.84 Å². The molecule has 0 unspecified atom stereocenters. The zero-order chi connectivity index (χ0) is 13.1. The van der Waals surface area contributed by atoms with Crippen LogP contribution in [0.3, 0.4) is 0 Å². The fraction of sp³-hybridized carbons (Fsp3) is 0.0714. The smallest absolute Gasteiger partial charge is 0.258 e. The van der Waals surface area contributed by atoms with Crippen molar-refractivity contribution in [3.63, 3.8) is 0 Å². The molecule has 0 spiro atoms. The van der Waals surface area contributed by atoms with Crippen LogP contribution in [0.25, 0.3) is 23.0 Å². The Balaban J connectivity index is 1.92. The third kappa shape index (κ3) is 2.30. The molecule has 0 amide bonds. The van der Waals surface area contributed by atoms with E-state index in [1.54, 1.807) is 6.20 Å². The monoisotopic (exact) mass is 252 g/mol. The zero-order valence-corrected chi connectivity index (χ0v) is 10.4. The molecule has 0 aliphatic carbocycles. The Kier molecular flexibility index (Phi) is 2.94. The highest BCUT2D eigenvalue weighted by molar-refractivity contribution is 5.60. The van der Waals surface area contributed by atoms with Gasteiger partial charge >= 0.3 is 0 Å². The lowest BCUT2D eigenvalue weighted by Crippen LogP contribution is -1.87. The summed E-state index contributed by atoms with van der Waals surface area (Å²) in [6.45, 7) is 0. The summed E-state index contributed by atoms with van der Waals surface area (Å²) < 4.78 is 5.26. The van der Waals surface area contributed by atoms with E-state index in [2.05, 4.69) is 20.4 Å². The summed E-state index contributed by atoms with van der Waals surface area (Å²) in [7, 11) is 1.88. The van der Waals surface area contributed by atoms with E-state index in [0.717, 1.165) is 11.3 Å². The molecule has 19 heavy (non-hydrogen) atoms. The van der Waals surface area contributed by atoms with Gasteiger partial charge in [-0.25, -0.2) is 0 Å². The van der Waals surface area contributed by atoms with Gasteiger partial charge in [-0.3, -0.25) is 4.98 Å². The lowest BCUT2D eigenvalue weighted by Gasteiger charge is -1.99. The van der Waals surface area contributed by atoms with Crippen LogP contribution in [0.5, 0.6) is 0 Å². The molecule has 1 aromatic carbocycles. The number of benzene rings is 1. The Morgan fingerprint density at radius 2 is 1.89 bits per heavy atom. The minimum atomic E-state index is 0.489. The summed E-state index contributed by atoms with van der Waals surface area (Å²) in [4.78, 5) is 8.53. The molecule has 0 radical (unpaired) electrons. The second-order valence-corrected chi connectivity index (χ2v) is 3.97. The molecule has 94 valence electrons. The molecule has 0 aliphatic heterocycles. The highest BCUT2D eigenvalue weighted by Gasteiger charge is 2.10. The normalized spacial score (nSPS) is 10.4. The minimum Gasteiger partial charge on any atom is -0.388 e. The maximum Gasteiger partial charge on any atom is 0.258 e. The number of aromatic nitrogens is 3. The summed E-state index contributed by atoms with van der Waals surface area (Å²) in [5, 5.41) is 7.00. The van der Waals surface area contributed by atoms with Gasteiger partial charge in [0.2, 0.25) is 5.82 Å². The summed E-state index contributed by atoms with van der Waals surface area (Å²) in [6, 6.07) is 13.4. The molecule has 5 heteroatoms. The fourth-order valence-corrected chi connectivity index (χ4v) is 1.72. The average Bonchev–Trinajstić information content (AvgIpc) is 2.98. The van der Waals surface area contributed by atoms with Gasteiger partial charge in [-0.2, -0.15) is 4.98 Å². The van der Waals surface area contributed by atoms with Crippen molar-refractivity contribution in [2.75, 3.05) is 12.4 Å². The van der Waals surface area contributed by atoms with Crippen LogP contribution in [0.2, 0.25) is 0 Å². The third-order valence-corrected chi connectivity index (χ3v) is 2.74. The van der Waals surface area contributed by atoms with E-state index < -0.39 is 0 Å². The number of anilines is 1. The van der Waals surface area contributed by atoms with Crippen molar-refractivity contribution in [3.8, 4) is 23.0 Å². The highest BCUT2D eigenvalue weighted by atomic mass is 16.5. The SMILES string of the molecule is CNc1ccc(-c2nc(-c3ccccn3)no2)cc1. The van der Waals surface area contributed by atoms with Crippen LogP contribution in [0.4, 0.5) is 5.69 Å². The van der Waals surface area contributed by atoms with Gasteiger partial charge in [-0.05, 0) is 36.4 Å². The average molecular weight is 252 g/mol. The van der Waals surface area contributed by atoms with Crippen molar-refractivity contribution < 1.29 is 4.52 Å². The molecule has 2 heterocycles. The predicted molar refractivity (Wildman–Crippen MR) is 72.5 cm³/mol. The van der Waals surface area contributed by atoms with Gasteiger partial charge in [0.05, 0.1) is 0 Å². The van der Waals surface area contributed by atoms with Crippen molar-refractivity contribution in [2.24, 2.45) is 0 Å². The van der Waals surface area contributed by atoms with Gasteiger partial charge in [0.1, 0.15) is 5.69 Å². The number of pyridine rings is 1. The molecule has 0 fully saturated rings. The Morgan fingerprint density at radius 1 is 1.05 bits per heavy atom. The highest BCUT2D eigenvalue weighted by Crippen LogP contribution is 2.22. The van der Waals surface area contributed by atoms with Gasteiger partial charge in [0.15, 0.2) is 0 Å². The third-order valence-electron chi connectivity index (χ3n) is 2.74. The Bertz CT molecular complexity index is 661. The zero-order valence-electron chi connectivity index (χ0n) is 10.4. The molecular formula is C14H12N4O. The summed E-state index contributed by atoms with van der Waals surface area (Å²) >= 11 is 0. The Labute approximate surface area is 110 Å². The Morgan fingerprint density at radius 3 is 2.58 bits per heavy atom. The number of rotatable bonds is 3. The van der Waals surface area contributed by atoms with E-state index >= 15 is 0 Å². The second-order valence-electron chi connectivity index (χ2n) is 3.97. The summed E-state index contributed by atoms with van der Waals surface area (Å²) in [5.74, 6) is 0.983. The molecule has 0 atom stereocenters. The lowest BCUT2D eigenvalue weighted by atomic mass is 10.2. The molecule has 0 saturated carbocycles. The maximum absolute atomic E-state index is 5.26. The van der Waals surface area contributed by atoms with Gasteiger partial charge in [-0.1, -0.05) is 11.2 Å². The molecule has 0 aliphatic rings. The first-order valence-corrected chi connectivity index (χ1v) is 5.90. The molecule has 5 nitrogen and oxygen atoms in total. The van der Waals surface area contributed by atoms with Crippen LogP contribution in [0.1, 0.15) is 0 Å². The summed E-state index contributed by atoms with van der Waals surface area (Å²) in [5.41, 5.74) is 2.62. The molecule has 0 saturated heterocycles. The molecule has 2 aromatic heterocycles. The minimum absolute atomic E-state index is 0.489. The lowest BCUT2D eigenvalue weighted by molar-refractivity contribution is 0.432. The topological polar surface area (TPSA) is 63.8 Å². The van der Waals surface area contributed by atoms with E-state index in [1.165, 1.54) is 0 Å². The number of nitrogens with zero attached hydrogens (tertiary/aromatic N) is 3. The predicted octanol–water partition coefficient (Wildman–Crippen LogP) is 2.84. The second kappa shape index (κ2) is 4.89. The van der Waals surface area contributed by atoms with E-state index in [0.29, 0.717) is 17.4 Å². The van der Waals surface area contributed by atoms with Gasteiger partial charge in [0, 0.05) is 24.5 Å². The van der Waals surface area contributed by atoms with E-state index in [9.17, 15) is 0 Å². The van der Waals surface area contributed by atoms with E-state index in [-0.39, 0.29) is 0 Å². The number of hydrogen-bond donors (Lipinski definition) is 1. The molecule has 3 rings (SSSR count). The van der Waals surface area contributed by atoms with Crippen molar-refractivity contribution in [1.29, 1.82) is 0 Å². The van der Waals surface area contributed by atoms with Crippen molar-refractivity contribution in [3.05, 3.63) is 48.7 Å². The largest absolute Gasteiger partial charge is 0.388 e. The van der Waals surface area contributed by atoms with Crippen LogP contribution in [-0.4, -0.2) is 22.2 Å². The van der Waals surface area contributed by atoms with Crippen LogP contribution >= 0.6 is 0 Å². The van der Waals surface area contributed by atoms with Crippen molar-refractivity contribution >= 4 is 5.69 Å². The van der Waals surface area contributed by atoms with Crippen LogP contribution in [0, 0.1) is 0 Å². The Hall–Kier alpha value is -2.69. The molecule has 3 aromatic rings. The molecular weight excluding hydrogens is 240 g/mol. The fourth-order valence-electron chi connectivity index (χ4n) is 1.72. The first-order chi connectivity index (χ1) is 9.36. The number of hydrogen-bond acceptors (Lipinski definition) is 5. The quantitative estimate of drug-likeness (QED) is 0.776. The van der Waals surface area contributed by atoms with Crippen LogP contribution in [0.15, 0.2) is 53.2 Å². The van der Waals surface area contributed by atoms with Crippen LogP contribution < -0.4 is 5.32 Å². The maximum atomic E-state index is 5.26. The van der Waals surface area contributed by atoms with Crippen LogP contribution in [-0.2, 0) is 0 Å². The summed E-state index contributed by atoms with van der Waals surface area (Å²) in [6.07, 6.45) is 1.70.